The predicted octanol–water partition coefficient (Wildman–Crippen LogP) is 4.31. The number of rotatable bonds is 4. The molecule has 2 fully saturated rings. The summed E-state index contributed by atoms with van der Waals surface area (Å²) in [4.78, 5) is 2.39. The van der Waals surface area contributed by atoms with E-state index in [0.29, 0.717) is 24.2 Å². The Balaban J connectivity index is 1.42. The van der Waals surface area contributed by atoms with E-state index >= 15 is 4.39 Å². The van der Waals surface area contributed by atoms with Crippen LogP contribution in [0.2, 0.25) is 0 Å². The fourth-order valence-electron chi connectivity index (χ4n) is 4.83. The third-order valence-electron chi connectivity index (χ3n) is 6.20. The number of methoxy groups -OCH3 is 1. The summed E-state index contributed by atoms with van der Waals surface area (Å²) in [7, 11) is 1.51. The Morgan fingerprint density at radius 2 is 2.00 bits per heavy atom. The SMILES string of the molecule is COc1ccc(F)cc1C1(F)CCN(C[C@H]2CC3C=CC2C3)CC1. The van der Waals surface area contributed by atoms with E-state index in [-0.39, 0.29) is 0 Å². The molecule has 1 saturated carbocycles. The van der Waals surface area contributed by atoms with Crippen LogP contribution in [0.3, 0.4) is 0 Å². The van der Waals surface area contributed by atoms with E-state index in [1.165, 1.54) is 38.2 Å². The van der Waals surface area contributed by atoms with Gasteiger partial charge in [0.2, 0.25) is 0 Å². The molecule has 1 aromatic carbocycles. The maximum Gasteiger partial charge on any atom is 0.142 e. The van der Waals surface area contributed by atoms with E-state index in [1.54, 1.807) is 0 Å². The van der Waals surface area contributed by atoms with Crippen LogP contribution in [-0.4, -0.2) is 31.6 Å². The molecule has 1 aliphatic heterocycles. The molecule has 0 aromatic heterocycles. The number of hydrogen-bond acceptors (Lipinski definition) is 2. The average molecular weight is 333 g/mol. The summed E-state index contributed by atoms with van der Waals surface area (Å²) in [5.41, 5.74) is -1.12. The molecule has 0 spiro atoms. The number of allylic oxidation sites excluding steroid dienone is 2. The van der Waals surface area contributed by atoms with Crippen LogP contribution >= 0.6 is 0 Å². The van der Waals surface area contributed by atoms with Crippen molar-refractivity contribution in [1.29, 1.82) is 0 Å². The molecule has 1 saturated heterocycles. The van der Waals surface area contributed by atoms with Crippen molar-refractivity contribution in [2.24, 2.45) is 17.8 Å². The largest absolute Gasteiger partial charge is 0.496 e. The maximum atomic E-state index is 15.5. The first kappa shape index (κ1) is 16.1. The number of alkyl halides is 1. The fraction of sp³-hybridized carbons (Fsp3) is 0.600. The highest BCUT2D eigenvalue weighted by Crippen LogP contribution is 2.45. The van der Waals surface area contributed by atoms with Gasteiger partial charge in [-0.2, -0.15) is 0 Å². The molecule has 0 radical (unpaired) electrons. The Labute approximate surface area is 142 Å². The van der Waals surface area contributed by atoms with E-state index in [1.807, 2.05) is 0 Å². The summed E-state index contributed by atoms with van der Waals surface area (Å²) in [5.74, 6) is 2.29. The minimum atomic E-state index is -1.49. The highest BCUT2D eigenvalue weighted by molar-refractivity contribution is 5.39. The lowest BCUT2D eigenvalue weighted by atomic mass is 9.84. The Hall–Kier alpha value is -1.42. The molecule has 3 atom stereocenters. The first-order chi connectivity index (χ1) is 11.6. The molecular weight excluding hydrogens is 308 g/mol. The van der Waals surface area contributed by atoms with Crippen LogP contribution in [0.15, 0.2) is 30.4 Å². The zero-order valence-corrected chi connectivity index (χ0v) is 14.2. The Morgan fingerprint density at radius 3 is 2.62 bits per heavy atom. The minimum Gasteiger partial charge on any atom is -0.496 e. The van der Waals surface area contributed by atoms with Gasteiger partial charge >= 0.3 is 0 Å². The minimum absolute atomic E-state index is 0.368. The summed E-state index contributed by atoms with van der Waals surface area (Å²) < 4.78 is 34.3. The monoisotopic (exact) mass is 333 g/mol. The molecule has 2 bridgehead atoms. The first-order valence-electron chi connectivity index (χ1n) is 9.01. The van der Waals surface area contributed by atoms with Crippen molar-refractivity contribution >= 4 is 0 Å². The molecule has 4 rings (SSSR count). The van der Waals surface area contributed by atoms with Crippen molar-refractivity contribution in [3.05, 3.63) is 41.7 Å². The van der Waals surface area contributed by atoms with Gasteiger partial charge in [-0.3, -0.25) is 0 Å². The fourth-order valence-corrected chi connectivity index (χ4v) is 4.83. The van der Waals surface area contributed by atoms with E-state index < -0.39 is 11.5 Å². The summed E-state index contributed by atoms with van der Waals surface area (Å²) in [6, 6.07) is 4.15. The van der Waals surface area contributed by atoms with E-state index in [9.17, 15) is 4.39 Å². The molecule has 0 amide bonds. The predicted molar refractivity (Wildman–Crippen MR) is 90.3 cm³/mol. The molecule has 4 heteroatoms. The second kappa shape index (κ2) is 6.14. The lowest BCUT2D eigenvalue weighted by molar-refractivity contribution is 0.0448. The topological polar surface area (TPSA) is 12.5 Å². The number of fused-ring (bicyclic) bond motifs is 2. The van der Waals surface area contributed by atoms with Crippen LogP contribution in [0.4, 0.5) is 8.78 Å². The van der Waals surface area contributed by atoms with Gasteiger partial charge in [0.1, 0.15) is 17.2 Å². The van der Waals surface area contributed by atoms with Gasteiger partial charge in [0.05, 0.1) is 7.11 Å². The lowest BCUT2D eigenvalue weighted by Gasteiger charge is -2.39. The zero-order valence-electron chi connectivity index (χ0n) is 14.2. The normalized spacial score (nSPS) is 31.5. The molecule has 1 aromatic rings. The van der Waals surface area contributed by atoms with E-state index in [4.69, 9.17) is 4.74 Å². The van der Waals surface area contributed by atoms with Crippen molar-refractivity contribution in [2.75, 3.05) is 26.7 Å². The second-order valence-corrected chi connectivity index (χ2v) is 7.65. The number of ether oxygens (including phenoxy) is 1. The third-order valence-corrected chi connectivity index (χ3v) is 6.20. The van der Waals surface area contributed by atoms with Gasteiger partial charge in [-0.15, -0.1) is 0 Å². The Kier molecular flexibility index (Phi) is 4.11. The Morgan fingerprint density at radius 1 is 1.21 bits per heavy atom. The van der Waals surface area contributed by atoms with Crippen molar-refractivity contribution in [2.45, 2.75) is 31.4 Å². The lowest BCUT2D eigenvalue weighted by Crippen LogP contribution is -2.43. The molecule has 1 heterocycles. The molecule has 130 valence electrons. The average Bonchev–Trinajstić information content (AvgIpc) is 3.20. The quantitative estimate of drug-likeness (QED) is 0.762. The van der Waals surface area contributed by atoms with Crippen molar-refractivity contribution in [3.63, 3.8) is 0 Å². The summed E-state index contributed by atoms with van der Waals surface area (Å²) >= 11 is 0. The second-order valence-electron chi connectivity index (χ2n) is 7.65. The van der Waals surface area contributed by atoms with Crippen molar-refractivity contribution in [3.8, 4) is 5.75 Å². The van der Waals surface area contributed by atoms with Gasteiger partial charge in [0.25, 0.3) is 0 Å². The van der Waals surface area contributed by atoms with E-state index in [0.717, 1.165) is 37.4 Å². The van der Waals surface area contributed by atoms with Crippen LogP contribution in [0.5, 0.6) is 5.75 Å². The smallest absolute Gasteiger partial charge is 0.142 e. The number of hydrogen-bond donors (Lipinski definition) is 0. The van der Waals surface area contributed by atoms with E-state index in [2.05, 4.69) is 17.1 Å². The van der Waals surface area contributed by atoms with Gasteiger partial charge in [-0.05, 0) is 61.6 Å². The summed E-state index contributed by atoms with van der Waals surface area (Å²) in [6.07, 6.45) is 8.15. The molecule has 0 N–H and O–H groups in total. The van der Waals surface area contributed by atoms with Gasteiger partial charge in [0, 0.05) is 25.2 Å². The van der Waals surface area contributed by atoms with Crippen LogP contribution in [-0.2, 0) is 5.67 Å². The molecule has 2 aliphatic carbocycles. The molecular formula is C20H25F2NO. The molecule has 2 nitrogen and oxygen atoms in total. The Bertz CT molecular complexity index is 637. The standard InChI is InChI=1S/C20H25F2NO/c1-24-19-5-4-17(21)12-18(19)20(22)6-8-23(9-7-20)13-16-11-14-2-3-15(16)10-14/h2-5,12,14-16H,6-11,13H2,1H3/t14?,15?,16-/m1/s1. The first-order valence-corrected chi connectivity index (χ1v) is 9.01. The zero-order chi connectivity index (χ0) is 16.7. The maximum absolute atomic E-state index is 15.5. The van der Waals surface area contributed by atoms with Crippen LogP contribution in [0, 0.1) is 23.6 Å². The molecule has 2 unspecified atom stereocenters. The summed E-state index contributed by atoms with van der Waals surface area (Å²) in [5, 5.41) is 0. The number of likely N-dealkylation sites (tertiary alicyclic amines) is 1. The van der Waals surface area contributed by atoms with Crippen LogP contribution in [0.25, 0.3) is 0 Å². The van der Waals surface area contributed by atoms with Gasteiger partial charge < -0.3 is 9.64 Å². The highest BCUT2D eigenvalue weighted by Gasteiger charge is 2.41. The molecule has 3 aliphatic rings. The number of benzene rings is 1. The van der Waals surface area contributed by atoms with Crippen LogP contribution < -0.4 is 4.74 Å². The van der Waals surface area contributed by atoms with Crippen molar-refractivity contribution in [1.82, 2.24) is 4.90 Å². The number of halogens is 2. The van der Waals surface area contributed by atoms with Gasteiger partial charge in [-0.25, -0.2) is 8.78 Å². The van der Waals surface area contributed by atoms with Gasteiger partial charge in [0.15, 0.2) is 0 Å². The van der Waals surface area contributed by atoms with Gasteiger partial charge in [-0.1, -0.05) is 12.2 Å². The number of nitrogens with zero attached hydrogens (tertiary/aromatic N) is 1. The highest BCUT2D eigenvalue weighted by atomic mass is 19.1. The van der Waals surface area contributed by atoms with Crippen molar-refractivity contribution < 1.29 is 13.5 Å². The van der Waals surface area contributed by atoms with Crippen LogP contribution in [0.1, 0.15) is 31.2 Å². The molecule has 24 heavy (non-hydrogen) atoms. The number of piperidine rings is 1. The summed E-state index contributed by atoms with van der Waals surface area (Å²) in [6.45, 7) is 2.53. The third kappa shape index (κ3) is 2.85.